The smallest absolute Gasteiger partial charge is 0.126 e. The number of hydrogen-bond acceptors (Lipinski definition) is 3. The lowest BCUT2D eigenvalue weighted by Gasteiger charge is -1.89. The molecular weight excluding hydrogens is 140 g/mol. The van der Waals surface area contributed by atoms with E-state index in [0.717, 1.165) is 0 Å². The zero-order valence-corrected chi connectivity index (χ0v) is 6.20. The molecule has 0 saturated carbocycles. The van der Waals surface area contributed by atoms with E-state index < -0.39 is 0 Å². The molecule has 1 heterocycles. The summed E-state index contributed by atoms with van der Waals surface area (Å²) in [6.45, 7) is 1.66. The van der Waals surface area contributed by atoms with E-state index in [2.05, 4.69) is 21.8 Å². The first-order chi connectivity index (χ1) is 5.33. The van der Waals surface area contributed by atoms with Crippen LogP contribution >= 0.6 is 0 Å². The molecule has 0 radical (unpaired) electrons. The van der Waals surface area contributed by atoms with Crippen LogP contribution in [-0.2, 0) is 0 Å². The average Bonchev–Trinajstić information content (AvgIpc) is 2.01. The lowest BCUT2D eigenvalue weighted by atomic mass is 10.4. The predicted octanol–water partition coefficient (Wildman–Crippen LogP) is 0.129. The fourth-order valence-electron chi connectivity index (χ4n) is 0.656. The number of hydrogen-bond donors (Lipinski definition) is 1. The van der Waals surface area contributed by atoms with Crippen LogP contribution in [0.5, 0.6) is 0 Å². The first kappa shape index (κ1) is 7.70. The van der Waals surface area contributed by atoms with Crippen LogP contribution in [0.25, 0.3) is 0 Å². The van der Waals surface area contributed by atoms with Crippen molar-refractivity contribution < 1.29 is 5.11 Å². The zero-order valence-electron chi connectivity index (χ0n) is 6.20. The van der Waals surface area contributed by atoms with Gasteiger partial charge in [0.15, 0.2) is 0 Å². The highest BCUT2D eigenvalue weighted by Gasteiger charge is 1.87. The normalized spacial score (nSPS) is 8.55. The van der Waals surface area contributed by atoms with E-state index in [4.69, 9.17) is 5.11 Å². The molecule has 1 rings (SSSR count). The molecule has 3 heteroatoms. The minimum Gasteiger partial charge on any atom is -0.384 e. The molecule has 0 aromatic carbocycles. The van der Waals surface area contributed by atoms with Crippen LogP contribution in [0.2, 0.25) is 0 Å². The summed E-state index contributed by atoms with van der Waals surface area (Å²) in [5.74, 6) is 5.88. The Balaban J connectivity index is 2.87. The second-order valence-corrected chi connectivity index (χ2v) is 1.95. The SMILES string of the molecule is Cc1nccc(C#CCO)n1. The largest absolute Gasteiger partial charge is 0.384 e. The van der Waals surface area contributed by atoms with Gasteiger partial charge in [0.05, 0.1) is 0 Å². The van der Waals surface area contributed by atoms with Crippen molar-refractivity contribution in [3.63, 3.8) is 0 Å². The van der Waals surface area contributed by atoms with Gasteiger partial charge in [0.1, 0.15) is 18.1 Å². The highest BCUT2D eigenvalue weighted by Crippen LogP contribution is 1.90. The monoisotopic (exact) mass is 148 g/mol. The van der Waals surface area contributed by atoms with E-state index in [0.29, 0.717) is 11.5 Å². The number of aliphatic hydroxyl groups excluding tert-OH is 1. The number of aryl methyl sites for hydroxylation is 1. The molecule has 56 valence electrons. The van der Waals surface area contributed by atoms with Crippen LogP contribution in [0, 0.1) is 18.8 Å². The second kappa shape index (κ2) is 3.69. The molecule has 3 nitrogen and oxygen atoms in total. The Labute approximate surface area is 65.1 Å². The molecule has 11 heavy (non-hydrogen) atoms. The summed E-state index contributed by atoms with van der Waals surface area (Å²) in [5, 5.41) is 8.38. The van der Waals surface area contributed by atoms with E-state index >= 15 is 0 Å². The molecule has 1 aromatic heterocycles. The second-order valence-electron chi connectivity index (χ2n) is 1.95. The van der Waals surface area contributed by atoms with E-state index in [-0.39, 0.29) is 6.61 Å². The number of aliphatic hydroxyl groups is 1. The molecule has 0 aliphatic rings. The van der Waals surface area contributed by atoms with Gasteiger partial charge in [-0.15, -0.1) is 0 Å². The number of aromatic nitrogens is 2. The maximum Gasteiger partial charge on any atom is 0.126 e. The van der Waals surface area contributed by atoms with Crippen LogP contribution in [0.1, 0.15) is 11.5 Å². The molecule has 0 spiro atoms. The summed E-state index contributed by atoms with van der Waals surface area (Å²) in [6, 6.07) is 1.70. The van der Waals surface area contributed by atoms with Crippen molar-refractivity contribution in [1.29, 1.82) is 0 Å². The van der Waals surface area contributed by atoms with Crippen LogP contribution in [0.4, 0.5) is 0 Å². The maximum atomic E-state index is 8.38. The molecule has 0 unspecified atom stereocenters. The van der Waals surface area contributed by atoms with Crippen molar-refractivity contribution in [3.05, 3.63) is 23.8 Å². The highest BCUT2D eigenvalue weighted by atomic mass is 16.2. The van der Waals surface area contributed by atoms with Crippen molar-refractivity contribution in [2.45, 2.75) is 6.92 Å². The van der Waals surface area contributed by atoms with E-state index in [9.17, 15) is 0 Å². The molecule has 1 N–H and O–H groups in total. The van der Waals surface area contributed by atoms with Gasteiger partial charge in [0.25, 0.3) is 0 Å². The Kier molecular flexibility index (Phi) is 2.59. The lowest BCUT2D eigenvalue weighted by Crippen LogP contribution is -1.89. The third-order valence-corrected chi connectivity index (χ3v) is 1.07. The van der Waals surface area contributed by atoms with Gasteiger partial charge in [-0.3, -0.25) is 0 Å². The first-order valence-corrected chi connectivity index (χ1v) is 3.22. The van der Waals surface area contributed by atoms with Gasteiger partial charge in [-0.1, -0.05) is 5.92 Å². The van der Waals surface area contributed by atoms with Crippen molar-refractivity contribution in [2.75, 3.05) is 6.61 Å². The predicted molar refractivity (Wildman–Crippen MR) is 40.7 cm³/mol. The van der Waals surface area contributed by atoms with E-state index in [1.54, 1.807) is 19.2 Å². The Morgan fingerprint density at radius 2 is 2.45 bits per heavy atom. The van der Waals surface area contributed by atoms with Crippen LogP contribution in [0.3, 0.4) is 0 Å². The van der Waals surface area contributed by atoms with Crippen LogP contribution in [0.15, 0.2) is 12.3 Å². The summed E-state index contributed by atoms with van der Waals surface area (Å²) >= 11 is 0. The minimum absolute atomic E-state index is 0.136. The molecule has 1 aromatic rings. The van der Waals surface area contributed by atoms with Crippen molar-refractivity contribution in [1.82, 2.24) is 9.97 Å². The topological polar surface area (TPSA) is 46.0 Å². The summed E-state index contributed by atoms with van der Waals surface area (Å²) in [4.78, 5) is 7.92. The number of rotatable bonds is 0. The Morgan fingerprint density at radius 3 is 3.09 bits per heavy atom. The van der Waals surface area contributed by atoms with Gasteiger partial charge < -0.3 is 5.11 Å². The molecule has 0 aliphatic carbocycles. The standard InChI is InChI=1S/C8H8N2O/c1-7-9-5-4-8(10-7)3-2-6-11/h4-5,11H,6H2,1H3. The molecule has 0 amide bonds. The van der Waals surface area contributed by atoms with Gasteiger partial charge in [-0.2, -0.15) is 0 Å². The zero-order chi connectivity index (χ0) is 8.10. The first-order valence-electron chi connectivity index (χ1n) is 3.22. The van der Waals surface area contributed by atoms with Crippen molar-refractivity contribution in [2.24, 2.45) is 0 Å². The Morgan fingerprint density at radius 1 is 1.64 bits per heavy atom. The van der Waals surface area contributed by atoms with Gasteiger partial charge >= 0.3 is 0 Å². The fraction of sp³-hybridized carbons (Fsp3) is 0.250. The minimum atomic E-state index is -0.136. The van der Waals surface area contributed by atoms with E-state index in [1.165, 1.54) is 0 Å². The summed E-state index contributed by atoms with van der Waals surface area (Å²) in [7, 11) is 0. The third kappa shape index (κ3) is 2.36. The fourth-order valence-corrected chi connectivity index (χ4v) is 0.656. The van der Waals surface area contributed by atoms with Gasteiger partial charge in [0.2, 0.25) is 0 Å². The Bertz CT molecular complexity index is 298. The van der Waals surface area contributed by atoms with Crippen molar-refractivity contribution >= 4 is 0 Å². The maximum absolute atomic E-state index is 8.38. The van der Waals surface area contributed by atoms with Gasteiger partial charge in [-0.05, 0) is 18.9 Å². The van der Waals surface area contributed by atoms with E-state index in [1.807, 2.05) is 0 Å². The molecule has 0 bridgehead atoms. The molecule has 0 aliphatic heterocycles. The van der Waals surface area contributed by atoms with Gasteiger partial charge in [0, 0.05) is 6.20 Å². The van der Waals surface area contributed by atoms with Crippen molar-refractivity contribution in [3.8, 4) is 11.8 Å². The van der Waals surface area contributed by atoms with Crippen LogP contribution < -0.4 is 0 Å². The lowest BCUT2D eigenvalue weighted by molar-refractivity contribution is 0.350. The highest BCUT2D eigenvalue weighted by molar-refractivity contribution is 5.26. The number of nitrogens with zero attached hydrogens (tertiary/aromatic N) is 2. The summed E-state index contributed by atoms with van der Waals surface area (Å²) in [5.41, 5.74) is 0.645. The summed E-state index contributed by atoms with van der Waals surface area (Å²) < 4.78 is 0. The molecule has 0 atom stereocenters. The van der Waals surface area contributed by atoms with Crippen LogP contribution in [-0.4, -0.2) is 21.7 Å². The molecule has 0 saturated heterocycles. The molecular formula is C8H8N2O. The quantitative estimate of drug-likeness (QED) is 0.532. The Hall–Kier alpha value is -1.40. The summed E-state index contributed by atoms with van der Waals surface area (Å²) in [6.07, 6.45) is 1.64. The van der Waals surface area contributed by atoms with Gasteiger partial charge in [-0.25, -0.2) is 9.97 Å². The average molecular weight is 148 g/mol. The molecule has 0 fully saturated rings. The third-order valence-electron chi connectivity index (χ3n) is 1.07.